The number of hydrogen-bond acceptors (Lipinski definition) is 6. The number of nitrogens with zero attached hydrogens (tertiary/aromatic N) is 1. The monoisotopic (exact) mass is 314 g/mol. The number of aliphatic hydroxyl groups is 2. The fourth-order valence-electron chi connectivity index (χ4n) is 2.50. The van der Waals surface area contributed by atoms with Gasteiger partial charge in [-0.3, -0.25) is 14.3 Å². The standard InChI is InChI=1S/C14H22N2O6/c1-2-3-4-7-21-12-9(8-17)22-13(11(12)19)16-6-5-10(18)15-14(16)20/h5-6,9,11-13,17,19H,2-4,7-8H2,1H3,(H,15,18,20)/t9-,11?,12?,13-/m0/s1. The van der Waals surface area contributed by atoms with Crippen molar-refractivity contribution < 1.29 is 19.7 Å². The van der Waals surface area contributed by atoms with Gasteiger partial charge in [-0.25, -0.2) is 4.79 Å². The van der Waals surface area contributed by atoms with Gasteiger partial charge in [0.1, 0.15) is 18.3 Å². The maximum Gasteiger partial charge on any atom is 0.330 e. The van der Waals surface area contributed by atoms with E-state index in [-0.39, 0.29) is 6.61 Å². The Kier molecular flexibility index (Phi) is 5.90. The SMILES string of the molecule is CCCCCOC1C(O)[C@@H](n2ccc(=O)[nH]c2=O)O[C@H]1CO. The summed E-state index contributed by atoms with van der Waals surface area (Å²) >= 11 is 0. The van der Waals surface area contributed by atoms with Crippen molar-refractivity contribution in [3.8, 4) is 0 Å². The van der Waals surface area contributed by atoms with Crippen LogP contribution in [0.15, 0.2) is 21.9 Å². The van der Waals surface area contributed by atoms with Gasteiger partial charge in [0.05, 0.1) is 6.61 Å². The Labute approximate surface area is 127 Å². The minimum absolute atomic E-state index is 0.329. The van der Waals surface area contributed by atoms with E-state index in [1.165, 1.54) is 12.3 Å². The van der Waals surface area contributed by atoms with E-state index in [0.29, 0.717) is 6.61 Å². The zero-order valence-corrected chi connectivity index (χ0v) is 12.5. The Bertz CT molecular complexity index is 583. The van der Waals surface area contributed by atoms with Crippen LogP contribution in [0.2, 0.25) is 0 Å². The normalized spacial score (nSPS) is 28.1. The second-order valence-corrected chi connectivity index (χ2v) is 5.30. The molecular weight excluding hydrogens is 292 g/mol. The Morgan fingerprint density at radius 1 is 1.41 bits per heavy atom. The molecule has 0 bridgehead atoms. The van der Waals surface area contributed by atoms with Crippen molar-refractivity contribution in [3.05, 3.63) is 33.1 Å². The van der Waals surface area contributed by atoms with Gasteiger partial charge in [-0.05, 0) is 6.42 Å². The number of aromatic nitrogens is 2. The van der Waals surface area contributed by atoms with E-state index in [4.69, 9.17) is 9.47 Å². The molecule has 1 saturated heterocycles. The van der Waals surface area contributed by atoms with Crippen molar-refractivity contribution in [1.29, 1.82) is 0 Å². The van der Waals surface area contributed by atoms with Crippen molar-refractivity contribution in [3.63, 3.8) is 0 Å². The number of unbranched alkanes of at least 4 members (excludes halogenated alkanes) is 2. The van der Waals surface area contributed by atoms with Crippen LogP contribution in [0.5, 0.6) is 0 Å². The van der Waals surface area contributed by atoms with Crippen LogP contribution in [0.4, 0.5) is 0 Å². The van der Waals surface area contributed by atoms with E-state index in [9.17, 15) is 19.8 Å². The summed E-state index contributed by atoms with van der Waals surface area (Å²) in [6, 6.07) is 1.17. The molecule has 1 aliphatic heterocycles. The summed E-state index contributed by atoms with van der Waals surface area (Å²) in [4.78, 5) is 25.0. The Hall–Kier alpha value is -1.48. The van der Waals surface area contributed by atoms with Crippen LogP contribution < -0.4 is 11.2 Å². The summed E-state index contributed by atoms with van der Waals surface area (Å²) in [5.74, 6) is 0. The molecular formula is C14H22N2O6. The van der Waals surface area contributed by atoms with Gasteiger partial charge < -0.3 is 19.7 Å². The molecule has 2 heterocycles. The van der Waals surface area contributed by atoms with Crippen LogP contribution >= 0.6 is 0 Å². The Balaban J connectivity index is 2.11. The molecule has 22 heavy (non-hydrogen) atoms. The highest BCUT2D eigenvalue weighted by Crippen LogP contribution is 2.30. The molecule has 1 aromatic heterocycles. The maximum atomic E-state index is 11.8. The third kappa shape index (κ3) is 3.64. The number of rotatable bonds is 7. The lowest BCUT2D eigenvalue weighted by molar-refractivity contribution is -0.0626. The van der Waals surface area contributed by atoms with E-state index in [0.717, 1.165) is 23.8 Å². The molecule has 0 spiro atoms. The Morgan fingerprint density at radius 2 is 2.18 bits per heavy atom. The van der Waals surface area contributed by atoms with E-state index in [1.54, 1.807) is 0 Å². The molecule has 0 aliphatic carbocycles. The van der Waals surface area contributed by atoms with E-state index < -0.39 is 35.8 Å². The first kappa shape index (κ1) is 16.9. The largest absolute Gasteiger partial charge is 0.394 e. The number of aliphatic hydroxyl groups excluding tert-OH is 2. The molecule has 3 N–H and O–H groups in total. The molecule has 0 radical (unpaired) electrons. The summed E-state index contributed by atoms with van der Waals surface area (Å²) in [5.41, 5.74) is -1.21. The number of aromatic amines is 1. The van der Waals surface area contributed by atoms with E-state index in [2.05, 4.69) is 11.9 Å². The highest BCUT2D eigenvalue weighted by atomic mass is 16.6. The maximum absolute atomic E-state index is 11.8. The van der Waals surface area contributed by atoms with Gasteiger partial charge in [0, 0.05) is 18.9 Å². The van der Waals surface area contributed by atoms with Crippen molar-refractivity contribution in [2.75, 3.05) is 13.2 Å². The van der Waals surface area contributed by atoms with Crippen molar-refractivity contribution in [2.45, 2.75) is 50.7 Å². The predicted octanol–water partition coefficient (Wildman–Crippen LogP) is -0.637. The summed E-state index contributed by atoms with van der Waals surface area (Å²) in [6.45, 7) is 2.19. The average molecular weight is 314 g/mol. The smallest absolute Gasteiger partial charge is 0.330 e. The van der Waals surface area contributed by atoms with Gasteiger partial charge in [0.2, 0.25) is 0 Å². The number of hydrogen-bond donors (Lipinski definition) is 3. The number of ether oxygens (including phenoxy) is 2. The zero-order chi connectivity index (χ0) is 16.1. The molecule has 124 valence electrons. The van der Waals surface area contributed by atoms with E-state index in [1.807, 2.05) is 0 Å². The molecule has 1 aliphatic rings. The van der Waals surface area contributed by atoms with Crippen molar-refractivity contribution in [1.82, 2.24) is 9.55 Å². The van der Waals surface area contributed by atoms with Gasteiger partial charge in [0.25, 0.3) is 5.56 Å². The quantitative estimate of drug-likeness (QED) is 0.577. The second kappa shape index (κ2) is 7.68. The number of H-pyrrole nitrogens is 1. The fraction of sp³-hybridized carbons (Fsp3) is 0.714. The lowest BCUT2D eigenvalue weighted by Crippen LogP contribution is -2.39. The molecule has 0 amide bonds. The molecule has 0 aromatic carbocycles. The van der Waals surface area contributed by atoms with Gasteiger partial charge in [-0.15, -0.1) is 0 Å². The zero-order valence-electron chi connectivity index (χ0n) is 12.5. The van der Waals surface area contributed by atoms with Gasteiger partial charge in [0.15, 0.2) is 6.23 Å². The van der Waals surface area contributed by atoms with Crippen LogP contribution in [0, 0.1) is 0 Å². The van der Waals surface area contributed by atoms with Gasteiger partial charge in [-0.2, -0.15) is 0 Å². The molecule has 2 unspecified atom stereocenters. The van der Waals surface area contributed by atoms with Crippen molar-refractivity contribution >= 4 is 0 Å². The average Bonchev–Trinajstić information content (AvgIpc) is 2.80. The van der Waals surface area contributed by atoms with Crippen LogP contribution in [0.1, 0.15) is 32.4 Å². The highest BCUT2D eigenvalue weighted by Gasteiger charge is 2.45. The fourth-order valence-corrected chi connectivity index (χ4v) is 2.50. The van der Waals surface area contributed by atoms with Gasteiger partial charge in [-0.1, -0.05) is 19.8 Å². The number of nitrogens with one attached hydrogen (secondary N) is 1. The molecule has 4 atom stereocenters. The first-order valence-corrected chi connectivity index (χ1v) is 7.46. The molecule has 8 heteroatoms. The molecule has 8 nitrogen and oxygen atoms in total. The first-order valence-electron chi connectivity index (χ1n) is 7.46. The second-order valence-electron chi connectivity index (χ2n) is 5.30. The third-order valence-electron chi connectivity index (χ3n) is 3.67. The predicted molar refractivity (Wildman–Crippen MR) is 77.6 cm³/mol. The van der Waals surface area contributed by atoms with Crippen LogP contribution in [0.25, 0.3) is 0 Å². The summed E-state index contributed by atoms with van der Waals surface area (Å²) in [5, 5.41) is 19.7. The minimum Gasteiger partial charge on any atom is -0.394 e. The molecule has 0 saturated carbocycles. The van der Waals surface area contributed by atoms with Crippen LogP contribution in [-0.2, 0) is 9.47 Å². The summed E-state index contributed by atoms with van der Waals surface area (Å²) in [7, 11) is 0. The van der Waals surface area contributed by atoms with Gasteiger partial charge >= 0.3 is 5.69 Å². The first-order chi connectivity index (χ1) is 10.6. The van der Waals surface area contributed by atoms with Crippen LogP contribution in [-0.4, -0.2) is 51.3 Å². The molecule has 1 fully saturated rings. The summed E-state index contributed by atoms with van der Waals surface area (Å²) < 4.78 is 12.2. The minimum atomic E-state index is -1.11. The van der Waals surface area contributed by atoms with Crippen molar-refractivity contribution in [2.24, 2.45) is 0 Å². The van der Waals surface area contributed by atoms with Crippen LogP contribution in [0.3, 0.4) is 0 Å². The lowest BCUT2D eigenvalue weighted by atomic mass is 10.1. The lowest BCUT2D eigenvalue weighted by Gasteiger charge is -2.20. The molecule has 1 aromatic rings. The topological polar surface area (TPSA) is 114 Å². The van der Waals surface area contributed by atoms with E-state index >= 15 is 0 Å². The molecule has 2 rings (SSSR count). The highest BCUT2D eigenvalue weighted by molar-refractivity contribution is 4.93. The Morgan fingerprint density at radius 3 is 2.82 bits per heavy atom. The summed E-state index contributed by atoms with van der Waals surface area (Å²) in [6.07, 6.45) is 0.609. The third-order valence-corrected chi connectivity index (χ3v) is 3.67.